The van der Waals surface area contributed by atoms with Crippen LogP contribution in [0.1, 0.15) is 12.6 Å². The van der Waals surface area contributed by atoms with Crippen LogP contribution in [0.15, 0.2) is 35.5 Å². The molecule has 0 aliphatic carbocycles. The fourth-order valence-electron chi connectivity index (χ4n) is 2.54. The molecule has 1 atom stereocenters. The Balaban J connectivity index is 1.89. The second-order valence-corrected chi connectivity index (χ2v) is 7.81. The lowest BCUT2D eigenvalue weighted by Crippen LogP contribution is -2.44. The first kappa shape index (κ1) is 17.1. The Hall–Kier alpha value is -1.77. The number of aromatic nitrogens is 3. The van der Waals surface area contributed by atoms with E-state index in [2.05, 4.69) is 15.0 Å². The number of nitrogens with zero attached hydrogens (tertiary/aromatic N) is 4. The van der Waals surface area contributed by atoms with E-state index in [1.807, 2.05) is 11.8 Å². The van der Waals surface area contributed by atoms with E-state index in [9.17, 15) is 8.42 Å². The summed E-state index contributed by atoms with van der Waals surface area (Å²) < 4.78 is 30.3. The van der Waals surface area contributed by atoms with Crippen LogP contribution in [-0.4, -0.2) is 49.2 Å². The fraction of sp³-hybridized carbons (Fsp3) is 0.400. The van der Waals surface area contributed by atoms with Crippen LogP contribution >= 0.6 is 11.6 Å². The molecular formula is C15H17ClN4O3S. The monoisotopic (exact) mass is 368 g/mol. The van der Waals surface area contributed by atoms with E-state index >= 15 is 0 Å². The third-order valence-electron chi connectivity index (χ3n) is 3.69. The minimum absolute atomic E-state index is 0.0148. The molecule has 1 fully saturated rings. The predicted molar refractivity (Wildman–Crippen MR) is 89.8 cm³/mol. The third kappa shape index (κ3) is 3.82. The van der Waals surface area contributed by atoms with Crippen molar-refractivity contribution in [1.82, 2.24) is 15.0 Å². The van der Waals surface area contributed by atoms with Gasteiger partial charge in [0.25, 0.3) is 0 Å². The zero-order valence-corrected chi connectivity index (χ0v) is 14.7. The zero-order chi connectivity index (χ0) is 17.2. The van der Waals surface area contributed by atoms with Crippen molar-refractivity contribution in [2.45, 2.75) is 23.7 Å². The van der Waals surface area contributed by atoms with E-state index in [1.165, 1.54) is 12.3 Å². The quantitative estimate of drug-likeness (QED) is 0.759. The smallest absolute Gasteiger partial charge is 0.224 e. The third-order valence-corrected chi connectivity index (χ3v) is 5.42. The summed E-state index contributed by atoms with van der Waals surface area (Å²) in [5.74, 6) is 0.329. The molecule has 9 heteroatoms. The summed E-state index contributed by atoms with van der Waals surface area (Å²) in [5, 5.41) is 0.0402. The number of ether oxygens (including phenoxy) is 1. The van der Waals surface area contributed by atoms with Gasteiger partial charge in [-0.25, -0.2) is 23.4 Å². The molecule has 2 aromatic rings. The molecule has 0 spiro atoms. The number of sulfone groups is 1. The molecule has 1 aliphatic heterocycles. The number of morpholine rings is 1. The number of anilines is 1. The molecule has 128 valence electrons. The Morgan fingerprint density at radius 2 is 2.21 bits per heavy atom. The average molecular weight is 369 g/mol. The van der Waals surface area contributed by atoms with E-state index in [-0.39, 0.29) is 22.1 Å². The zero-order valence-electron chi connectivity index (χ0n) is 13.1. The second-order valence-electron chi connectivity index (χ2n) is 5.53. The predicted octanol–water partition coefficient (Wildman–Crippen LogP) is 1.72. The van der Waals surface area contributed by atoms with Gasteiger partial charge in [0.05, 0.1) is 30.7 Å². The molecule has 0 amide bonds. The van der Waals surface area contributed by atoms with E-state index in [0.29, 0.717) is 31.3 Å². The largest absolute Gasteiger partial charge is 0.377 e. The number of hydrogen-bond acceptors (Lipinski definition) is 7. The molecule has 0 bridgehead atoms. The number of pyridine rings is 1. The molecule has 1 aliphatic rings. The normalized spacial score (nSPS) is 18.6. The molecular weight excluding hydrogens is 352 g/mol. The van der Waals surface area contributed by atoms with Crippen LogP contribution in [0.3, 0.4) is 0 Å². The van der Waals surface area contributed by atoms with Crippen molar-refractivity contribution >= 4 is 27.3 Å². The first-order valence-electron chi connectivity index (χ1n) is 7.47. The molecule has 1 saturated heterocycles. The van der Waals surface area contributed by atoms with Crippen LogP contribution in [-0.2, 0) is 20.3 Å². The van der Waals surface area contributed by atoms with Gasteiger partial charge in [0.15, 0.2) is 5.03 Å². The van der Waals surface area contributed by atoms with Gasteiger partial charge in [-0.2, -0.15) is 0 Å². The topological polar surface area (TPSA) is 85.3 Å². The SMILES string of the molecule is C[C@H]1COCCN1c1cc(CS(=O)(=O)c2ccccn2)nc(Cl)n1. The maximum absolute atomic E-state index is 12.5. The Morgan fingerprint density at radius 3 is 2.92 bits per heavy atom. The Labute approximate surface area is 145 Å². The molecule has 0 aromatic carbocycles. The highest BCUT2D eigenvalue weighted by atomic mass is 35.5. The molecule has 0 saturated carbocycles. The van der Waals surface area contributed by atoms with Gasteiger partial charge in [-0.05, 0) is 30.7 Å². The van der Waals surface area contributed by atoms with Gasteiger partial charge in [0.2, 0.25) is 15.1 Å². The minimum atomic E-state index is -3.59. The summed E-state index contributed by atoms with van der Waals surface area (Å²) in [6.07, 6.45) is 1.45. The summed E-state index contributed by atoms with van der Waals surface area (Å²) in [6.45, 7) is 3.86. The second kappa shape index (κ2) is 7.00. The van der Waals surface area contributed by atoms with E-state index in [0.717, 1.165) is 0 Å². The summed E-state index contributed by atoms with van der Waals surface area (Å²) in [4.78, 5) is 14.2. The lowest BCUT2D eigenvalue weighted by Gasteiger charge is -2.34. The maximum Gasteiger partial charge on any atom is 0.224 e. The van der Waals surface area contributed by atoms with E-state index in [4.69, 9.17) is 16.3 Å². The van der Waals surface area contributed by atoms with Crippen LogP contribution in [0, 0.1) is 0 Å². The van der Waals surface area contributed by atoms with Gasteiger partial charge < -0.3 is 9.64 Å². The molecule has 7 nitrogen and oxygen atoms in total. The molecule has 0 N–H and O–H groups in total. The Kier molecular flexibility index (Phi) is 4.98. The van der Waals surface area contributed by atoms with E-state index < -0.39 is 9.84 Å². The van der Waals surface area contributed by atoms with Gasteiger partial charge in [-0.15, -0.1) is 0 Å². The summed E-state index contributed by atoms with van der Waals surface area (Å²) in [7, 11) is -3.59. The van der Waals surface area contributed by atoms with Crippen LogP contribution in [0.2, 0.25) is 5.28 Å². The maximum atomic E-state index is 12.5. The van der Waals surface area contributed by atoms with Crippen molar-refractivity contribution in [2.75, 3.05) is 24.7 Å². The molecule has 0 unspecified atom stereocenters. The molecule has 3 heterocycles. The van der Waals surface area contributed by atoms with Gasteiger partial charge in [-0.1, -0.05) is 6.07 Å². The van der Waals surface area contributed by atoms with Crippen molar-refractivity contribution in [3.8, 4) is 0 Å². The summed E-state index contributed by atoms with van der Waals surface area (Å²) in [5.41, 5.74) is 0.342. The van der Waals surface area contributed by atoms with Crippen molar-refractivity contribution in [3.05, 3.63) is 41.4 Å². The fourth-order valence-corrected chi connectivity index (χ4v) is 3.93. The van der Waals surface area contributed by atoms with Crippen molar-refractivity contribution in [2.24, 2.45) is 0 Å². The van der Waals surface area contributed by atoms with Gasteiger partial charge in [0.1, 0.15) is 5.82 Å². The van der Waals surface area contributed by atoms with Crippen molar-refractivity contribution in [1.29, 1.82) is 0 Å². The summed E-state index contributed by atoms with van der Waals surface area (Å²) in [6, 6.07) is 6.55. The van der Waals surface area contributed by atoms with Crippen molar-refractivity contribution in [3.63, 3.8) is 0 Å². The molecule has 24 heavy (non-hydrogen) atoms. The number of halogens is 1. The van der Waals surface area contributed by atoms with E-state index in [1.54, 1.807) is 18.2 Å². The lowest BCUT2D eigenvalue weighted by molar-refractivity contribution is 0.0985. The Bertz CT molecular complexity index is 817. The lowest BCUT2D eigenvalue weighted by atomic mass is 10.2. The van der Waals surface area contributed by atoms with Crippen LogP contribution < -0.4 is 4.90 Å². The molecule has 2 aromatic heterocycles. The highest BCUT2D eigenvalue weighted by molar-refractivity contribution is 7.90. The molecule has 0 radical (unpaired) electrons. The summed E-state index contributed by atoms with van der Waals surface area (Å²) >= 11 is 6.00. The highest BCUT2D eigenvalue weighted by Gasteiger charge is 2.23. The molecule has 3 rings (SSSR count). The average Bonchev–Trinajstić information content (AvgIpc) is 2.55. The van der Waals surface area contributed by atoms with Gasteiger partial charge >= 0.3 is 0 Å². The Morgan fingerprint density at radius 1 is 1.38 bits per heavy atom. The van der Waals surface area contributed by atoms with Gasteiger partial charge in [0, 0.05) is 18.8 Å². The van der Waals surface area contributed by atoms with Crippen LogP contribution in [0.4, 0.5) is 5.82 Å². The van der Waals surface area contributed by atoms with Gasteiger partial charge in [-0.3, -0.25) is 0 Å². The van der Waals surface area contributed by atoms with Crippen LogP contribution in [0.25, 0.3) is 0 Å². The number of rotatable bonds is 4. The number of hydrogen-bond donors (Lipinski definition) is 0. The highest BCUT2D eigenvalue weighted by Crippen LogP contribution is 2.22. The van der Waals surface area contributed by atoms with Crippen LogP contribution in [0.5, 0.6) is 0 Å². The van der Waals surface area contributed by atoms with Crippen molar-refractivity contribution < 1.29 is 13.2 Å². The minimum Gasteiger partial charge on any atom is -0.377 e. The standard InChI is InChI=1S/C15H17ClN4O3S/c1-11-9-23-7-6-20(11)13-8-12(18-15(16)19-13)10-24(21,22)14-4-2-3-5-17-14/h2-5,8,11H,6-7,9-10H2,1H3/t11-/m0/s1. The first-order chi connectivity index (χ1) is 11.5. The first-order valence-corrected chi connectivity index (χ1v) is 9.50.